The number of benzene rings is 1. The monoisotopic (exact) mass is 327 g/mol. The van der Waals surface area contributed by atoms with Gasteiger partial charge in [0.2, 0.25) is 0 Å². The Morgan fingerprint density at radius 1 is 1.42 bits per heavy atom. The van der Waals surface area contributed by atoms with Gasteiger partial charge in [0.1, 0.15) is 0 Å². The van der Waals surface area contributed by atoms with Crippen molar-refractivity contribution in [2.45, 2.75) is 12.3 Å². The molecule has 3 aromatic rings. The number of rotatable bonds is 3. The van der Waals surface area contributed by atoms with Gasteiger partial charge in [0.05, 0.1) is 5.52 Å². The number of carbonyl (C=O) groups excluding carboxylic acids is 1. The fourth-order valence-corrected chi connectivity index (χ4v) is 2.98. The third-order valence-electron chi connectivity index (χ3n) is 4.38. The van der Waals surface area contributed by atoms with Crippen LogP contribution in [0.1, 0.15) is 28.5 Å². The largest absolute Gasteiger partial charge is 0.419 e. The lowest BCUT2D eigenvalue weighted by atomic mass is 10.1. The second kappa shape index (κ2) is 5.64. The van der Waals surface area contributed by atoms with E-state index in [0.717, 1.165) is 25.2 Å². The van der Waals surface area contributed by atoms with E-state index < -0.39 is 5.76 Å². The molecular weight excluding hydrogens is 310 g/mol. The molecule has 1 aliphatic heterocycles. The molecule has 1 aromatic carbocycles. The number of carbonyl (C=O) groups is 1. The fraction of sp³-hybridized carbons (Fsp3) is 0.312. The average molecular weight is 327 g/mol. The molecule has 8 nitrogen and oxygen atoms in total. The van der Waals surface area contributed by atoms with Gasteiger partial charge < -0.3 is 15.1 Å². The molecular formula is C16H17N5O3. The first-order valence-electron chi connectivity index (χ1n) is 7.79. The van der Waals surface area contributed by atoms with Gasteiger partial charge in [0.25, 0.3) is 5.91 Å². The molecule has 3 heterocycles. The van der Waals surface area contributed by atoms with Crippen LogP contribution in [0.25, 0.3) is 11.1 Å². The molecule has 0 radical (unpaired) electrons. The number of aryl methyl sites for hydroxylation is 1. The minimum absolute atomic E-state index is 0.295. The molecule has 1 aliphatic rings. The summed E-state index contributed by atoms with van der Waals surface area (Å²) < 4.78 is 6.47. The first-order chi connectivity index (χ1) is 11.6. The standard InChI is InChI=1S/C16H17N5O3/c1-21-13-6-10(2-3-14(13)24-16(21)23)18-15(22)12-7-11(19-20-12)9-4-5-17-8-9/h2-3,6-7,9,17H,4-5,8H2,1H3,(H,18,22)(H,19,20). The highest BCUT2D eigenvalue weighted by molar-refractivity contribution is 6.03. The van der Waals surface area contributed by atoms with Crippen LogP contribution in [-0.2, 0) is 7.05 Å². The van der Waals surface area contributed by atoms with Crippen LogP contribution in [0.2, 0.25) is 0 Å². The van der Waals surface area contributed by atoms with Gasteiger partial charge in [-0.2, -0.15) is 5.10 Å². The summed E-state index contributed by atoms with van der Waals surface area (Å²) in [6.07, 6.45) is 1.04. The van der Waals surface area contributed by atoms with Gasteiger partial charge in [-0.1, -0.05) is 0 Å². The zero-order chi connectivity index (χ0) is 16.7. The lowest BCUT2D eigenvalue weighted by Gasteiger charge is -2.04. The molecule has 1 amide bonds. The van der Waals surface area contributed by atoms with Gasteiger partial charge >= 0.3 is 5.76 Å². The van der Waals surface area contributed by atoms with Crippen molar-refractivity contribution in [3.8, 4) is 0 Å². The topological polar surface area (TPSA) is 105 Å². The van der Waals surface area contributed by atoms with Crippen LogP contribution < -0.4 is 16.4 Å². The Morgan fingerprint density at radius 2 is 2.29 bits per heavy atom. The van der Waals surface area contributed by atoms with E-state index in [9.17, 15) is 9.59 Å². The molecule has 4 rings (SSSR count). The summed E-state index contributed by atoms with van der Waals surface area (Å²) in [6, 6.07) is 6.84. The van der Waals surface area contributed by atoms with Crippen molar-refractivity contribution in [1.82, 2.24) is 20.1 Å². The number of nitrogens with one attached hydrogen (secondary N) is 3. The van der Waals surface area contributed by atoms with Crippen molar-refractivity contribution in [3.05, 3.63) is 46.2 Å². The second-order valence-corrected chi connectivity index (χ2v) is 5.96. The highest BCUT2D eigenvalue weighted by atomic mass is 16.4. The predicted octanol–water partition coefficient (Wildman–Crippen LogP) is 1.18. The molecule has 1 fully saturated rings. The summed E-state index contributed by atoms with van der Waals surface area (Å²) in [4.78, 5) is 23.9. The Kier molecular flexibility index (Phi) is 3.46. The van der Waals surface area contributed by atoms with E-state index in [4.69, 9.17) is 4.42 Å². The van der Waals surface area contributed by atoms with Crippen molar-refractivity contribution >= 4 is 22.7 Å². The molecule has 1 unspecified atom stereocenters. The van der Waals surface area contributed by atoms with Gasteiger partial charge in [0.15, 0.2) is 11.3 Å². The molecule has 124 valence electrons. The van der Waals surface area contributed by atoms with Crippen molar-refractivity contribution in [2.75, 3.05) is 18.4 Å². The predicted molar refractivity (Wildman–Crippen MR) is 88.2 cm³/mol. The number of aromatic nitrogens is 3. The smallest absolute Gasteiger partial charge is 0.408 e. The molecule has 0 aliphatic carbocycles. The van der Waals surface area contributed by atoms with Gasteiger partial charge in [0, 0.05) is 30.9 Å². The number of oxazole rings is 1. The minimum atomic E-state index is -0.435. The van der Waals surface area contributed by atoms with Crippen molar-refractivity contribution in [1.29, 1.82) is 0 Å². The Bertz CT molecular complexity index is 962. The quantitative estimate of drug-likeness (QED) is 0.670. The number of H-pyrrole nitrogens is 1. The number of hydrogen-bond acceptors (Lipinski definition) is 5. The Labute approximate surface area is 136 Å². The van der Waals surface area contributed by atoms with E-state index in [2.05, 4.69) is 20.8 Å². The average Bonchev–Trinajstić information content (AvgIpc) is 3.29. The number of aromatic amines is 1. The van der Waals surface area contributed by atoms with E-state index in [-0.39, 0.29) is 5.91 Å². The van der Waals surface area contributed by atoms with Crippen LogP contribution in [0.3, 0.4) is 0 Å². The summed E-state index contributed by atoms with van der Waals surface area (Å²) in [7, 11) is 1.62. The van der Waals surface area contributed by atoms with Crippen molar-refractivity contribution in [2.24, 2.45) is 7.05 Å². The zero-order valence-corrected chi connectivity index (χ0v) is 13.1. The van der Waals surface area contributed by atoms with Gasteiger partial charge in [-0.25, -0.2) is 4.79 Å². The van der Waals surface area contributed by atoms with Crippen LogP contribution in [0.5, 0.6) is 0 Å². The molecule has 1 saturated heterocycles. The summed E-state index contributed by atoms with van der Waals surface area (Å²) in [5, 5.41) is 13.1. The van der Waals surface area contributed by atoms with Gasteiger partial charge in [-0.3, -0.25) is 14.5 Å². The maximum atomic E-state index is 12.4. The van der Waals surface area contributed by atoms with E-state index in [1.807, 2.05) is 0 Å². The maximum Gasteiger partial charge on any atom is 0.419 e. The normalized spacial score (nSPS) is 17.5. The first-order valence-corrected chi connectivity index (χ1v) is 7.79. The number of fused-ring (bicyclic) bond motifs is 1. The number of nitrogens with zero attached hydrogens (tertiary/aromatic N) is 2. The summed E-state index contributed by atoms with van der Waals surface area (Å²) in [5.41, 5.74) is 3.00. The highest BCUT2D eigenvalue weighted by Gasteiger charge is 2.20. The lowest BCUT2D eigenvalue weighted by Crippen LogP contribution is -2.12. The van der Waals surface area contributed by atoms with E-state index >= 15 is 0 Å². The Balaban J connectivity index is 1.55. The Hall–Kier alpha value is -2.87. The molecule has 1 atom stereocenters. The van der Waals surface area contributed by atoms with Crippen molar-refractivity contribution < 1.29 is 9.21 Å². The third-order valence-corrected chi connectivity index (χ3v) is 4.38. The zero-order valence-electron chi connectivity index (χ0n) is 13.1. The first kappa shape index (κ1) is 14.7. The number of anilines is 1. The Morgan fingerprint density at radius 3 is 3.08 bits per heavy atom. The van der Waals surface area contributed by atoms with E-state index in [1.165, 1.54) is 4.57 Å². The molecule has 0 bridgehead atoms. The minimum Gasteiger partial charge on any atom is -0.408 e. The van der Waals surface area contributed by atoms with Gasteiger partial charge in [-0.15, -0.1) is 0 Å². The number of hydrogen-bond donors (Lipinski definition) is 3. The van der Waals surface area contributed by atoms with Crippen LogP contribution in [-0.4, -0.2) is 33.8 Å². The van der Waals surface area contributed by atoms with Crippen LogP contribution in [0, 0.1) is 0 Å². The summed E-state index contributed by atoms with van der Waals surface area (Å²) in [5.74, 6) is -0.359. The van der Waals surface area contributed by atoms with E-state index in [1.54, 1.807) is 31.3 Å². The molecule has 2 aromatic heterocycles. The summed E-state index contributed by atoms with van der Waals surface area (Å²) >= 11 is 0. The second-order valence-electron chi connectivity index (χ2n) is 5.96. The van der Waals surface area contributed by atoms with Crippen LogP contribution in [0.4, 0.5) is 5.69 Å². The molecule has 3 N–H and O–H groups in total. The third kappa shape index (κ3) is 2.50. The highest BCUT2D eigenvalue weighted by Crippen LogP contribution is 2.22. The fourth-order valence-electron chi connectivity index (χ4n) is 2.98. The van der Waals surface area contributed by atoms with Crippen molar-refractivity contribution in [3.63, 3.8) is 0 Å². The van der Waals surface area contributed by atoms with Gasteiger partial charge in [-0.05, 0) is 37.2 Å². The summed E-state index contributed by atoms with van der Waals surface area (Å²) in [6.45, 7) is 1.88. The molecule has 24 heavy (non-hydrogen) atoms. The molecule has 0 spiro atoms. The van der Waals surface area contributed by atoms with Crippen LogP contribution in [0.15, 0.2) is 33.5 Å². The number of amides is 1. The SMILES string of the molecule is Cn1c(=O)oc2ccc(NC(=O)c3cc(C4CCNC4)[nH]n3)cc21. The lowest BCUT2D eigenvalue weighted by molar-refractivity contribution is 0.102. The van der Waals surface area contributed by atoms with E-state index in [0.29, 0.717) is 28.4 Å². The molecule has 8 heteroatoms. The maximum absolute atomic E-state index is 12.4. The van der Waals surface area contributed by atoms with Crippen LogP contribution >= 0.6 is 0 Å². The molecule has 0 saturated carbocycles.